The monoisotopic (exact) mass is 493 g/mol. The maximum absolute atomic E-state index is 11.7. The van der Waals surface area contributed by atoms with Crippen molar-refractivity contribution >= 4 is 23.3 Å². The van der Waals surface area contributed by atoms with Crippen LogP contribution in [0.1, 0.15) is 49.1 Å². The van der Waals surface area contributed by atoms with E-state index in [0.29, 0.717) is 17.4 Å². The lowest BCUT2D eigenvalue weighted by molar-refractivity contribution is -0.136. The fourth-order valence-electron chi connectivity index (χ4n) is 4.51. The number of aliphatic carboxylic acids is 1. The summed E-state index contributed by atoms with van der Waals surface area (Å²) in [5.41, 5.74) is 6.33. The van der Waals surface area contributed by atoms with E-state index in [-0.39, 0.29) is 11.8 Å². The number of aromatic nitrogens is 2. The van der Waals surface area contributed by atoms with Gasteiger partial charge in [-0.1, -0.05) is 37.6 Å². The highest BCUT2D eigenvalue weighted by Crippen LogP contribution is 2.39. The van der Waals surface area contributed by atoms with Crippen LogP contribution < -0.4 is 9.64 Å². The summed E-state index contributed by atoms with van der Waals surface area (Å²) in [6, 6.07) is 9.58. The SMILES string of the molecule is Cc1cccc(Cl)c1COc1ccc(-c2cnc(C)c(CC(=O)O)c2N2CCC(C)(C)CC2)nc1. The average molecular weight is 494 g/mol. The molecule has 1 saturated heterocycles. The van der Waals surface area contributed by atoms with Gasteiger partial charge in [0.15, 0.2) is 0 Å². The van der Waals surface area contributed by atoms with E-state index in [2.05, 4.69) is 28.7 Å². The Morgan fingerprint density at radius 1 is 1.09 bits per heavy atom. The minimum absolute atomic E-state index is 0.0692. The van der Waals surface area contributed by atoms with Gasteiger partial charge >= 0.3 is 5.97 Å². The first-order valence-corrected chi connectivity index (χ1v) is 12.3. The van der Waals surface area contributed by atoms with Gasteiger partial charge in [0.25, 0.3) is 0 Å². The first-order valence-electron chi connectivity index (χ1n) is 11.9. The second kappa shape index (κ2) is 10.2. The molecule has 0 amide bonds. The Balaban J connectivity index is 1.64. The van der Waals surface area contributed by atoms with Crippen molar-refractivity contribution in [3.05, 3.63) is 70.1 Å². The third kappa shape index (κ3) is 5.76. The fraction of sp³-hybridized carbons (Fsp3) is 0.393. The molecule has 4 rings (SSSR count). The summed E-state index contributed by atoms with van der Waals surface area (Å²) >= 11 is 6.32. The number of ether oxygens (including phenoxy) is 1. The van der Waals surface area contributed by atoms with E-state index in [1.807, 2.05) is 50.4 Å². The number of hydrogen-bond acceptors (Lipinski definition) is 5. The molecule has 1 aliphatic heterocycles. The zero-order chi connectivity index (χ0) is 25.2. The number of halogens is 1. The summed E-state index contributed by atoms with van der Waals surface area (Å²) in [5.74, 6) is -0.225. The molecule has 184 valence electrons. The number of piperidine rings is 1. The maximum atomic E-state index is 11.7. The number of carboxylic acid groups (broad SMARTS) is 1. The van der Waals surface area contributed by atoms with E-state index in [0.717, 1.165) is 65.3 Å². The Labute approximate surface area is 211 Å². The largest absolute Gasteiger partial charge is 0.487 e. The second-order valence-electron chi connectivity index (χ2n) is 10.0. The molecular formula is C28H32ClN3O3. The van der Waals surface area contributed by atoms with E-state index in [1.54, 1.807) is 6.20 Å². The van der Waals surface area contributed by atoms with Crippen molar-refractivity contribution < 1.29 is 14.6 Å². The molecule has 1 N–H and O–H groups in total. The molecule has 1 aliphatic rings. The molecule has 0 radical (unpaired) electrons. The lowest BCUT2D eigenvalue weighted by Crippen LogP contribution is -2.38. The van der Waals surface area contributed by atoms with Crippen molar-refractivity contribution in [1.82, 2.24) is 9.97 Å². The molecule has 6 nitrogen and oxygen atoms in total. The van der Waals surface area contributed by atoms with E-state index in [9.17, 15) is 9.90 Å². The van der Waals surface area contributed by atoms with Crippen LogP contribution in [-0.2, 0) is 17.8 Å². The molecule has 35 heavy (non-hydrogen) atoms. The van der Waals surface area contributed by atoms with Gasteiger partial charge in [-0.3, -0.25) is 14.8 Å². The van der Waals surface area contributed by atoms with E-state index in [1.165, 1.54) is 0 Å². The summed E-state index contributed by atoms with van der Waals surface area (Å²) in [5, 5.41) is 10.3. The first-order chi connectivity index (χ1) is 16.6. The number of carboxylic acids is 1. The molecular weight excluding hydrogens is 462 g/mol. The molecule has 3 heterocycles. The molecule has 3 aromatic rings. The highest BCUT2D eigenvalue weighted by Gasteiger charge is 2.29. The lowest BCUT2D eigenvalue weighted by atomic mass is 9.82. The highest BCUT2D eigenvalue weighted by atomic mass is 35.5. The van der Waals surface area contributed by atoms with Crippen LogP contribution in [0.4, 0.5) is 5.69 Å². The highest BCUT2D eigenvalue weighted by molar-refractivity contribution is 6.31. The fourth-order valence-corrected chi connectivity index (χ4v) is 4.79. The van der Waals surface area contributed by atoms with Crippen LogP contribution in [-0.4, -0.2) is 34.1 Å². The number of aryl methyl sites for hydroxylation is 2. The predicted molar refractivity (Wildman–Crippen MR) is 139 cm³/mol. The van der Waals surface area contributed by atoms with Crippen molar-refractivity contribution in [3.63, 3.8) is 0 Å². The van der Waals surface area contributed by atoms with Gasteiger partial charge in [-0.15, -0.1) is 0 Å². The Bertz CT molecular complexity index is 1190. The minimum Gasteiger partial charge on any atom is -0.487 e. The number of pyridine rings is 2. The summed E-state index contributed by atoms with van der Waals surface area (Å²) in [7, 11) is 0. The van der Waals surface area contributed by atoms with E-state index < -0.39 is 5.97 Å². The van der Waals surface area contributed by atoms with E-state index in [4.69, 9.17) is 16.3 Å². The van der Waals surface area contributed by atoms with Gasteiger partial charge in [-0.25, -0.2) is 0 Å². The van der Waals surface area contributed by atoms with Crippen molar-refractivity contribution in [2.45, 2.75) is 53.6 Å². The summed E-state index contributed by atoms with van der Waals surface area (Å²) in [6.07, 6.45) is 5.53. The van der Waals surface area contributed by atoms with Crippen LogP contribution in [0.2, 0.25) is 5.02 Å². The van der Waals surface area contributed by atoms with Gasteiger partial charge in [0.1, 0.15) is 12.4 Å². The van der Waals surface area contributed by atoms with Gasteiger partial charge in [0.2, 0.25) is 0 Å². The molecule has 0 unspecified atom stereocenters. The van der Waals surface area contributed by atoms with Crippen LogP contribution in [0.5, 0.6) is 5.75 Å². The zero-order valence-corrected chi connectivity index (χ0v) is 21.5. The van der Waals surface area contributed by atoms with Gasteiger partial charge in [-0.05, 0) is 55.9 Å². The standard InChI is InChI=1S/C28H32ClN3O3/c1-18-6-5-7-24(29)23(18)17-35-20-8-9-25(31-15-20)22-16-30-19(2)21(14-26(33)34)27(22)32-12-10-28(3,4)11-13-32/h5-9,15-16H,10-14,17H2,1-4H3,(H,33,34). The van der Waals surface area contributed by atoms with Crippen molar-refractivity contribution in [2.24, 2.45) is 5.41 Å². The minimum atomic E-state index is -0.864. The molecule has 2 aromatic heterocycles. The number of hydrogen-bond donors (Lipinski definition) is 1. The second-order valence-corrected chi connectivity index (χ2v) is 10.4. The van der Waals surface area contributed by atoms with Crippen LogP contribution >= 0.6 is 11.6 Å². The van der Waals surface area contributed by atoms with Crippen LogP contribution in [0.3, 0.4) is 0 Å². The summed E-state index contributed by atoms with van der Waals surface area (Å²) in [6.45, 7) is 10.5. The topological polar surface area (TPSA) is 75.6 Å². The van der Waals surface area contributed by atoms with Crippen molar-refractivity contribution in [3.8, 4) is 17.0 Å². The summed E-state index contributed by atoms with van der Waals surface area (Å²) in [4.78, 5) is 23.2. The number of rotatable bonds is 7. The molecule has 0 aliphatic carbocycles. The molecule has 1 aromatic carbocycles. The number of benzene rings is 1. The van der Waals surface area contributed by atoms with Crippen LogP contribution in [0.25, 0.3) is 11.3 Å². The Kier molecular flexibility index (Phi) is 7.31. The van der Waals surface area contributed by atoms with Gasteiger partial charge in [0.05, 0.1) is 24.0 Å². The molecule has 0 bridgehead atoms. The predicted octanol–water partition coefficient (Wildman–Crippen LogP) is 6.25. The number of anilines is 1. The molecule has 7 heteroatoms. The Morgan fingerprint density at radius 3 is 2.46 bits per heavy atom. The third-order valence-corrected chi connectivity index (χ3v) is 7.23. The van der Waals surface area contributed by atoms with Crippen LogP contribution in [0.15, 0.2) is 42.7 Å². The Hall–Kier alpha value is -3.12. The zero-order valence-electron chi connectivity index (χ0n) is 20.8. The molecule has 1 fully saturated rings. The molecule has 0 atom stereocenters. The Morgan fingerprint density at radius 2 is 1.83 bits per heavy atom. The first kappa shape index (κ1) is 25.0. The van der Waals surface area contributed by atoms with Gasteiger partial charge < -0.3 is 14.7 Å². The average Bonchev–Trinajstić information content (AvgIpc) is 2.80. The normalized spacial score (nSPS) is 15.2. The van der Waals surface area contributed by atoms with Gasteiger partial charge in [-0.2, -0.15) is 0 Å². The van der Waals surface area contributed by atoms with E-state index >= 15 is 0 Å². The van der Waals surface area contributed by atoms with Crippen molar-refractivity contribution in [2.75, 3.05) is 18.0 Å². The molecule has 0 spiro atoms. The van der Waals surface area contributed by atoms with Crippen molar-refractivity contribution in [1.29, 1.82) is 0 Å². The third-order valence-electron chi connectivity index (χ3n) is 6.87. The quantitative estimate of drug-likeness (QED) is 0.419. The van der Waals surface area contributed by atoms with Crippen LogP contribution in [0, 0.1) is 19.3 Å². The number of nitrogens with zero attached hydrogens (tertiary/aromatic N) is 3. The smallest absolute Gasteiger partial charge is 0.307 e. The maximum Gasteiger partial charge on any atom is 0.307 e. The molecule has 0 saturated carbocycles. The summed E-state index contributed by atoms with van der Waals surface area (Å²) < 4.78 is 5.96. The lowest BCUT2D eigenvalue weighted by Gasteiger charge is -2.40. The van der Waals surface area contributed by atoms with Gasteiger partial charge in [0, 0.05) is 46.7 Å². The number of carbonyl (C=O) groups is 1.